The van der Waals surface area contributed by atoms with Crippen molar-refractivity contribution in [2.24, 2.45) is 0 Å². The number of hydrogen-bond acceptors (Lipinski definition) is 4. The molecule has 0 bridgehead atoms. The average molecular weight is 299 g/mol. The molecular formula is C17H21N3O2. The molecule has 22 heavy (non-hydrogen) atoms. The molecule has 0 saturated carbocycles. The highest BCUT2D eigenvalue weighted by Gasteiger charge is 2.18. The second-order valence-electron chi connectivity index (χ2n) is 5.32. The monoisotopic (exact) mass is 299 g/mol. The van der Waals surface area contributed by atoms with Gasteiger partial charge in [0, 0.05) is 12.2 Å². The van der Waals surface area contributed by atoms with Crippen LogP contribution in [0.25, 0.3) is 0 Å². The summed E-state index contributed by atoms with van der Waals surface area (Å²) in [6.07, 6.45) is 1.64. The highest BCUT2D eigenvalue weighted by atomic mass is 16.3. The maximum absolute atomic E-state index is 12.5. The smallest absolute Gasteiger partial charge is 0.255 e. The Morgan fingerprint density at radius 2 is 1.91 bits per heavy atom. The molecule has 1 aromatic carbocycles. The topological polar surface area (TPSA) is 74.2 Å². The highest BCUT2D eigenvalue weighted by Crippen LogP contribution is 2.16. The fourth-order valence-corrected chi connectivity index (χ4v) is 2.13. The molecule has 116 valence electrons. The first-order chi connectivity index (χ1) is 10.6. The van der Waals surface area contributed by atoms with Crippen molar-refractivity contribution >= 4 is 11.7 Å². The van der Waals surface area contributed by atoms with Crippen LogP contribution in [-0.2, 0) is 0 Å². The molecule has 2 aromatic rings. The summed E-state index contributed by atoms with van der Waals surface area (Å²) < 4.78 is 0. The van der Waals surface area contributed by atoms with Gasteiger partial charge in [0.05, 0.1) is 18.2 Å². The van der Waals surface area contributed by atoms with Crippen LogP contribution in [0.1, 0.15) is 35.8 Å². The van der Waals surface area contributed by atoms with Gasteiger partial charge in [0.25, 0.3) is 5.91 Å². The van der Waals surface area contributed by atoms with Crippen molar-refractivity contribution in [3.8, 4) is 0 Å². The van der Waals surface area contributed by atoms with Crippen LogP contribution in [-0.4, -0.2) is 28.6 Å². The van der Waals surface area contributed by atoms with E-state index < -0.39 is 6.04 Å². The zero-order valence-corrected chi connectivity index (χ0v) is 12.8. The molecule has 0 saturated heterocycles. The summed E-state index contributed by atoms with van der Waals surface area (Å²) in [6, 6.07) is 12.6. The van der Waals surface area contributed by atoms with Crippen LogP contribution in [0, 0.1) is 0 Å². The first kappa shape index (κ1) is 16.0. The van der Waals surface area contributed by atoms with Crippen molar-refractivity contribution in [2.75, 3.05) is 11.9 Å². The third-order valence-electron chi connectivity index (χ3n) is 3.17. The zero-order chi connectivity index (χ0) is 15.9. The second-order valence-corrected chi connectivity index (χ2v) is 5.32. The summed E-state index contributed by atoms with van der Waals surface area (Å²) in [5.74, 6) is 0.277. The predicted octanol–water partition coefficient (Wildman–Crippen LogP) is 2.37. The number of aromatic nitrogens is 1. The Morgan fingerprint density at radius 3 is 2.55 bits per heavy atom. The van der Waals surface area contributed by atoms with E-state index in [9.17, 15) is 9.90 Å². The first-order valence-corrected chi connectivity index (χ1v) is 7.30. The Hall–Kier alpha value is -2.40. The fraction of sp³-hybridized carbons (Fsp3) is 0.294. The molecule has 0 unspecified atom stereocenters. The van der Waals surface area contributed by atoms with E-state index in [1.807, 2.05) is 44.2 Å². The number of rotatable bonds is 6. The summed E-state index contributed by atoms with van der Waals surface area (Å²) in [5.41, 5.74) is 1.33. The van der Waals surface area contributed by atoms with Gasteiger partial charge in [0.2, 0.25) is 0 Å². The van der Waals surface area contributed by atoms with Crippen LogP contribution in [0.3, 0.4) is 0 Å². The molecule has 5 heteroatoms. The van der Waals surface area contributed by atoms with Crippen LogP contribution in [0.5, 0.6) is 0 Å². The van der Waals surface area contributed by atoms with E-state index in [0.29, 0.717) is 11.4 Å². The van der Waals surface area contributed by atoms with Gasteiger partial charge in [-0.1, -0.05) is 30.3 Å². The Morgan fingerprint density at radius 1 is 1.18 bits per heavy atom. The van der Waals surface area contributed by atoms with Gasteiger partial charge in [0.15, 0.2) is 0 Å². The summed E-state index contributed by atoms with van der Waals surface area (Å²) in [7, 11) is 0. The summed E-state index contributed by atoms with van der Waals surface area (Å²) >= 11 is 0. The minimum Gasteiger partial charge on any atom is -0.394 e. The van der Waals surface area contributed by atoms with E-state index in [2.05, 4.69) is 15.6 Å². The molecule has 0 aliphatic carbocycles. The lowest BCUT2D eigenvalue weighted by Crippen LogP contribution is -2.31. The average Bonchev–Trinajstić information content (AvgIpc) is 2.53. The Kier molecular flexibility index (Phi) is 5.49. The SMILES string of the molecule is CC(C)Nc1ncccc1C(=O)N[C@H](CO)c1ccccc1. The van der Waals surface area contributed by atoms with Gasteiger partial charge in [-0.3, -0.25) is 4.79 Å². The fourth-order valence-electron chi connectivity index (χ4n) is 2.13. The van der Waals surface area contributed by atoms with Crippen molar-refractivity contribution in [3.63, 3.8) is 0 Å². The number of aliphatic hydroxyl groups is 1. The molecule has 1 aromatic heterocycles. The van der Waals surface area contributed by atoms with Gasteiger partial charge in [0.1, 0.15) is 5.82 Å². The molecule has 1 heterocycles. The number of hydrogen-bond donors (Lipinski definition) is 3. The van der Waals surface area contributed by atoms with E-state index >= 15 is 0 Å². The van der Waals surface area contributed by atoms with Gasteiger partial charge < -0.3 is 15.7 Å². The molecular weight excluding hydrogens is 278 g/mol. The number of anilines is 1. The lowest BCUT2D eigenvalue weighted by Gasteiger charge is -2.18. The minimum absolute atomic E-state index is 0.164. The quantitative estimate of drug-likeness (QED) is 0.765. The highest BCUT2D eigenvalue weighted by molar-refractivity contribution is 5.98. The predicted molar refractivity (Wildman–Crippen MR) is 86.7 cm³/mol. The normalized spacial score (nSPS) is 12.0. The van der Waals surface area contributed by atoms with Gasteiger partial charge >= 0.3 is 0 Å². The number of carbonyl (C=O) groups excluding carboxylic acids is 1. The number of pyridine rings is 1. The molecule has 2 rings (SSSR count). The number of benzene rings is 1. The van der Waals surface area contributed by atoms with E-state index in [4.69, 9.17) is 0 Å². The van der Waals surface area contributed by atoms with Crippen LogP contribution < -0.4 is 10.6 Å². The van der Waals surface area contributed by atoms with Crippen LogP contribution in [0.15, 0.2) is 48.7 Å². The molecule has 0 fully saturated rings. The number of nitrogens with one attached hydrogen (secondary N) is 2. The third kappa shape index (κ3) is 4.05. The summed E-state index contributed by atoms with van der Waals surface area (Å²) in [5, 5.41) is 15.5. The maximum Gasteiger partial charge on any atom is 0.255 e. The second kappa shape index (κ2) is 7.56. The number of nitrogens with zero attached hydrogens (tertiary/aromatic N) is 1. The van der Waals surface area contributed by atoms with Crippen molar-refractivity contribution in [3.05, 3.63) is 59.8 Å². The lowest BCUT2D eigenvalue weighted by molar-refractivity contribution is 0.0916. The third-order valence-corrected chi connectivity index (χ3v) is 3.17. The number of aliphatic hydroxyl groups excluding tert-OH is 1. The van der Waals surface area contributed by atoms with Crippen LogP contribution >= 0.6 is 0 Å². The number of carbonyl (C=O) groups is 1. The summed E-state index contributed by atoms with van der Waals surface area (Å²) in [4.78, 5) is 16.7. The first-order valence-electron chi connectivity index (χ1n) is 7.30. The van der Waals surface area contributed by atoms with Gasteiger partial charge in [-0.05, 0) is 31.5 Å². The largest absolute Gasteiger partial charge is 0.394 e. The van der Waals surface area contributed by atoms with Gasteiger partial charge in [-0.15, -0.1) is 0 Å². The minimum atomic E-state index is -0.444. The maximum atomic E-state index is 12.5. The van der Waals surface area contributed by atoms with Crippen molar-refractivity contribution in [1.82, 2.24) is 10.3 Å². The van der Waals surface area contributed by atoms with E-state index in [0.717, 1.165) is 5.56 Å². The lowest BCUT2D eigenvalue weighted by atomic mass is 10.1. The molecule has 0 spiro atoms. The summed E-state index contributed by atoms with van der Waals surface area (Å²) in [6.45, 7) is 3.80. The van der Waals surface area contributed by atoms with Crippen molar-refractivity contribution in [1.29, 1.82) is 0 Å². The molecule has 0 radical (unpaired) electrons. The van der Waals surface area contributed by atoms with Crippen molar-refractivity contribution < 1.29 is 9.90 Å². The Bertz CT molecular complexity index is 614. The Balaban J connectivity index is 2.18. The van der Waals surface area contributed by atoms with Crippen LogP contribution in [0.2, 0.25) is 0 Å². The molecule has 3 N–H and O–H groups in total. The van der Waals surface area contributed by atoms with E-state index in [-0.39, 0.29) is 18.6 Å². The van der Waals surface area contributed by atoms with E-state index in [1.54, 1.807) is 18.3 Å². The van der Waals surface area contributed by atoms with E-state index in [1.165, 1.54) is 0 Å². The number of amides is 1. The van der Waals surface area contributed by atoms with Crippen molar-refractivity contribution in [2.45, 2.75) is 25.9 Å². The molecule has 0 aliphatic heterocycles. The zero-order valence-electron chi connectivity index (χ0n) is 12.8. The Labute approximate surface area is 130 Å². The molecule has 1 amide bonds. The van der Waals surface area contributed by atoms with Gasteiger partial charge in [-0.2, -0.15) is 0 Å². The molecule has 5 nitrogen and oxygen atoms in total. The molecule has 0 aliphatic rings. The van der Waals surface area contributed by atoms with Crippen LogP contribution in [0.4, 0.5) is 5.82 Å². The standard InChI is InChI=1S/C17H21N3O2/c1-12(2)19-16-14(9-6-10-18-16)17(22)20-15(11-21)13-7-4-3-5-8-13/h3-10,12,15,21H,11H2,1-2H3,(H,18,19)(H,20,22)/t15-/m1/s1. The van der Waals surface area contributed by atoms with Gasteiger partial charge in [-0.25, -0.2) is 4.98 Å². The molecule has 1 atom stereocenters.